The summed E-state index contributed by atoms with van der Waals surface area (Å²) in [6, 6.07) is 0. The van der Waals surface area contributed by atoms with Crippen molar-refractivity contribution in [2.45, 2.75) is 44.9 Å². The molecule has 0 saturated heterocycles. The summed E-state index contributed by atoms with van der Waals surface area (Å²) in [7, 11) is 0. The van der Waals surface area contributed by atoms with E-state index in [1.165, 1.54) is 44.9 Å². The molecule has 0 amide bonds. The van der Waals surface area contributed by atoms with Gasteiger partial charge in [0.05, 0.1) is 0 Å². The Labute approximate surface area is 69.4 Å². The normalized spacial score (nSPS) is 34.1. The van der Waals surface area contributed by atoms with E-state index in [0.29, 0.717) is 0 Å². The van der Waals surface area contributed by atoms with Crippen LogP contribution in [0.5, 0.6) is 0 Å². The highest BCUT2D eigenvalue weighted by atomic mass is 14.6. The summed E-state index contributed by atoms with van der Waals surface area (Å²) in [6.07, 6.45) is 10.3. The van der Waals surface area contributed by atoms with E-state index in [2.05, 4.69) is 0 Å². The van der Waals surface area contributed by atoms with Gasteiger partial charge in [-0.2, -0.15) is 0 Å². The molecule has 2 aliphatic rings. The van der Waals surface area contributed by atoms with Crippen molar-refractivity contribution < 1.29 is 0 Å². The zero-order valence-electron chi connectivity index (χ0n) is 7.31. The average molecular weight is 153 g/mol. The van der Waals surface area contributed by atoms with Crippen molar-refractivity contribution in [3.63, 3.8) is 0 Å². The minimum atomic E-state index is 0.805. The van der Waals surface area contributed by atoms with Gasteiger partial charge in [-0.1, -0.05) is 12.8 Å². The molecule has 64 valence electrons. The smallest absolute Gasteiger partial charge is 0.00744 e. The molecule has 11 heavy (non-hydrogen) atoms. The van der Waals surface area contributed by atoms with Crippen LogP contribution in [0.25, 0.3) is 0 Å². The first-order valence-corrected chi connectivity index (χ1v) is 5.07. The predicted molar refractivity (Wildman–Crippen MR) is 47.3 cm³/mol. The molecule has 0 aromatic carbocycles. The Bertz CT molecular complexity index is 138. The lowest BCUT2D eigenvalue weighted by Crippen LogP contribution is -2.34. The van der Waals surface area contributed by atoms with Crippen molar-refractivity contribution in [2.75, 3.05) is 6.54 Å². The molecule has 1 unspecified atom stereocenters. The molecule has 1 spiro atoms. The summed E-state index contributed by atoms with van der Waals surface area (Å²) in [5, 5.41) is 0. The number of hydrogen-bond acceptors (Lipinski definition) is 1. The number of rotatable bonds is 2. The quantitative estimate of drug-likeness (QED) is 0.647. The molecular weight excluding hydrogens is 134 g/mol. The average Bonchev–Trinajstić information content (AvgIpc) is 2.31. The Morgan fingerprint density at radius 3 is 2.45 bits per heavy atom. The van der Waals surface area contributed by atoms with Crippen molar-refractivity contribution >= 4 is 0 Å². The summed E-state index contributed by atoms with van der Waals surface area (Å²) >= 11 is 0. The first-order valence-electron chi connectivity index (χ1n) is 5.07. The van der Waals surface area contributed by atoms with Crippen molar-refractivity contribution in [3.05, 3.63) is 0 Å². The molecule has 0 aromatic rings. The standard InChI is InChI=1S/C10H19N/c11-8-4-9-3-1-5-10(9)6-2-7-10/h9H,1-8,11H2. The zero-order valence-corrected chi connectivity index (χ0v) is 7.31. The molecule has 0 aliphatic heterocycles. The Morgan fingerprint density at radius 1 is 1.18 bits per heavy atom. The fourth-order valence-corrected chi connectivity index (χ4v) is 3.15. The van der Waals surface area contributed by atoms with Crippen LogP contribution in [0.3, 0.4) is 0 Å². The van der Waals surface area contributed by atoms with Crippen LogP contribution in [-0.2, 0) is 0 Å². The molecule has 0 aromatic heterocycles. The van der Waals surface area contributed by atoms with Gasteiger partial charge in [0.1, 0.15) is 0 Å². The van der Waals surface area contributed by atoms with Gasteiger partial charge in [0.2, 0.25) is 0 Å². The molecule has 2 saturated carbocycles. The monoisotopic (exact) mass is 153 g/mol. The highest BCUT2D eigenvalue weighted by molar-refractivity contribution is 4.97. The van der Waals surface area contributed by atoms with E-state index in [9.17, 15) is 0 Å². The van der Waals surface area contributed by atoms with E-state index in [4.69, 9.17) is 5.73 Å². The second-order valence-corrected chi connectivity index (χ2v) is 4.38. The molecule has 0 bridgehead atoms. The molecular formula is C10H19N. The Hall–Kier alpha value is -0.0400. The SMILES string of the molecule is NCCC1CCCC12CCC2. The summed E-state index contributed by atoms with van der Waals surface area (Å²) in [5.41, 5.74) is 6.41. The van der Waals surface area contributed by atoms with E-state index >= 15 is 0 Å². The topological polar surface area (TPSA) is 26.0 Å². The third kappa shape index (κ3) is 1.10. The van der Waals surface area contributed by atoms with Crippen LogP contribution >= 0.6 is 0 Å². The molecule has 1 heteroatoms. The van der Waals surface area contributed by atoms with E-state index in [0.717, 1.165) is 17.9 Å². The molecule has 2 N–H and O–H groups in total. The van der Waals surface area contributed by atoms with E-state index in [1.807, 2.05) is 0 Å². The molecule has 0 heterocycles. The molecule has 2 fully saturated rings. The highest BCUT2D eigenvalue weighted by Crippen LogP contribution is 2.57. The lowest BCUT2D eigenvalue weighted by Gasteiger charge is -2.43. The maximum absolute atomic E-state index is 5.61. The van der Waals surface area contributed by atoms with Gasteiger partial charge in [0.25, 0.3) is 0 Å². The van der Waals surface area contributed by atoms with Crippen molar-refractivity contribution in [3.8, 4) is 0 Å². The predicted octanol–water partition coefficient (Wildman–Crippen LogP) is 2.31. The fourth-order valence-electron chi connectivity index (χ4n) is 3.15. The second-order valence-electron chi connectivity index (χ2n) is 4.38. The summed E-state index contributed by atoms with van der Waals surface area (Å²) < 4.78 is 0. The molecule has 1 atom stereocenters. The van der Waals surface area contributed by atoms with Gasteiger partial charge >= 0.3 is 0 Å². The van der Waals surface area contributed by atoms with Crippen LogP contribution in [0.15, 0.2) is 0 Å². The Balaban J connectivity index is 1.96. The van der Waals surface area contributed by atoms with Crippen LogP contribution in [0.4, 0.5) is 0 Å². The van der Waals surface area contributed by atoms with Crippen LogP contribution in [-0.4, -0.2) is 6.54 Å². The maximum Gasteiger partial charge on any atom is -0.00744 e. The Morgan fingerprint density at radius 2 is 1.91 bits per heavy atom. The van der Waals surface area contributed by atoms with Crippen molar-refractivity contribution in [2.24, 2.45) is 17.1 Å². The van der Waals surface area contributed by atoms with Gasteiger partial charge in [-0.05, 0) is 50.0 Å². The van der Waals surface area contributed by atoms with E-state index in [-0.39, 0.29) is 0 Å². The summed E-state index contributed by atoms with van der Waals surface area (Å²) in [6.45, 7) is 0.909. The number of hydrogen-bond donors (Lipinski definition) is 1. The van der Waals surface area contributed by atoms with E-state index < -0.39 is 0 Å². The van der Waals surface area contributed by atoms with Crippen LogP contribution in [0, 0.1) is 11.3 Å². The fraction of sp³-hybridized carbons (Fsp3) is 1.00. The first-order chi connectivity index (χ1) is 5.37. The largest absolute Gasteiger partial charge is 0.330 e. The van der Waals surface area contributed by atoms with Crippen LogP contribution < -0.4 is 5.73 Å². The third-order valence-electron chi connectivity index (χ3n) is 3.96. The summed E-state index contributed by atoms with van der Waals surface area (Å²) in [4.78, 5) is 0. The zero-order chi connectivity index (χ0) is 7.73. The lowest BCUT2D eigenvalue weighted by molar-refractivity contribution is 0.0746. The minimum Gasteiger partial charge on any atom is -0.330 e. The molecule has 0 radical (unpaired) electrons. The van der Waals surface area contributed by atoms with Crippen molar-refractivity contribution in [1.82, 2.24) is 0 Å². The highest BCUT2D eigenvalue weighted by Gasteiger charge is 2.45. The van der Waals surface area contributed by atoms with Gasteiger partial charge in [0.15, 0.2) is 0 Å². The van der Waals surface area contributed by atoms with Gasteiger partial charge in [0, 0.05) is 0 Å². The minimum absolute atomic E-state index is 0.805. The van der Waals surface area contributed by atoms with Crippen LogP contribution in [0.2, 0.25) is 0 Å². The third-order valence-corrected chi connectivity index (χ3v) is 3.96. The van der Waals surface area contributed by atoms with Crippen molar-refractivity contribution in [1.29, 1.82) is 0 Å². The van der Waals surface area contributed by atoms with Gasteiger partial charge in [-0.3, -0.25) is 0 Å². The van der Waals surface area contributed by atoms with Gasteiger partial charge < -0.3 is 5.73 Å². The molecule has 1 nitrogen and oxygen atoms in total. The Kier molecular flexibility index (Phi) is 1.92. The second kappa shape index (κ2) is 2.78. The van der Waals surface area contributed by atoms with Crippen LogP contribution in [0.1, 0.15) is 44.9 Å². The first kappa shape index (κ1) is 7.60. The molecule has 2 rings (SSSR count). The van der Waals surface area contributed by atoms with Gasteiger partial charge in [-0.15, -0.1) is 0 Å². The van der Waals surface area contributed by atoms with Gasteiger partial charge in [-0.25, -0.2) is 0 Å². The molecule has 2 aliphatic carbocycles. The lowest BCUT2D eigenvalue weighted by atomic mass is 9.62. The number of nitrogens with two attached hydrogens (primary N) is 1. The van der Waals surface area contributed by atoms with E-state index in [1.54, 1.807) is 0 Å². The summed E-state index contributed by atoms with van der Waals surface area (Å²) in [5.74, 6) is 1.00. The maximum atomic E-state index is 5.61.